The summed E-state index contributed by atoms with van der Waals surface area (Å²) in [6, 6.07) is 39.9. The number of nitrogens with zero attached hydrogens (tertiary/aromatic N) is 1. The predicted molar refractivity (Wildman–Crippen MR) is 211 cm³/mol. The van der Waals surface area contributed by atoms with E-state index in [0.717, 1.165) is 22.3 Å². The molecule has 0 unspecified atom stereocenters. The minimum atomic E-state index is -0.876. The molecule has 0 saturated carbocycles. The van der Waals surface area contributed by atoms with E-state index in [4.69, 9.17) is 33.2 Å². The van der Waals surface area contributed by atoms with Crippen molar-refractivity contribution in [1.29, 1.82) is 0 Å². The van der Waals surface area contributed by atoms with Gasteiger partial charge in [0.05, 0.1) is 45.7 Å². The monoisotopic (exact) mass is 749 g/mol. The molecule has 6 rings (SSSR count). The van der Waals surface area contributed by atoms with E-state index in [1.54, 1.807) is 4.90 Å². The maximum absolute atomic E-state index is 13.5. The average Bonchev–Trinajstić information content (AvgIpc) is 3.49. The maximum atomic E-state index is 13.5. The van der Waals surface area contributed by atoms with Gasteiger partial charge in [-0.1, -0.05) is 133 Å². The van der Waals surface area contributed by atoms with Gasteiger partial charge in [0.15, 0.2) is 0 Å². The average molecular weight is 750 g/mol. The summed E-state index contributed by atoms with van der Waals surface area (Å²) < 4.78 is 45.8. The largest absolute Gasteiger partial charge is 0.444 e. The zero-order chi connectivity index (χ0) is 38.7. The van der Waals surface area contributed by atoms with Gasteiger partial charge in [-0.25, -0.2) is 4.79 Å². The molecular weight excluding hydrogens is 695 g/mol. The highest BCUT2D eigenvalue weighted by Crippen LogP contribution is 2.34. The van der Waals surface area contributed by atoms with Crippen LogP contribution in [0.25, 0.3) is 0 Å². The summed E-state index contributed by atoms with van der Waals surface area (Å²) in [5.41, 5.74) is 2.59. The first kappa shape index (κ1) is 40.3. The Morgan fingerprint density at radius 1 is 0.673 bits per heavy atom. The third-order valence-corrected chi connectivity index (χ3v) is 9.55. The van der Waals surface area contributed by atoms with Crippen molar-refractivity contribution in [2.45, 2.75) is 109 Å². The van der Waals surface area contributed by atoms with Crippen LogP contribution in [0.2, 0.25) is 0 Å². The van der Waals surface area contributed by atoms with Gasteiger partial charge in [-0.15, -0.1) is 0 Å². The van der Waals surface area contributed by atoms with Crippen molar-refractivity contribution < 1.29 is 38.0 Å². The molecule has 55 heavy (non-hydrogen) atoms. The lowest BCUT2D eigenvalue weighted by molar-refractivity contribution is -0.263. The topological polar surface area (TPSA) is 84.9 Å². The molecule has 6 atom stereocenters. The van der Waals surface area contributed by atoms with Crippen LogP contribution < -0.4 is 0 Å². The van der Waals surface area contributed by atoms with E-state index in [-0.39, 0.29) is 6.61 Å². The summed E-state index contributed by atoms with van der Waals surface area (Å²) in [6.07, 6.45) is 0.626. The second kappa shape index (κ2) is 19.0. The quantitative estimate of drug-likeness (QED) is 0.112. The molecule has 292 valence electrons. The first-order valence-corrected chi connectivity index (χ1v) is 19.1. The summed E-state index contributed by atoms with van der Waals surface area (Å²) in [5.74, 6) is 0. The highest BCUT2D eigenvalue weighted by molar-refractivity contribution is 5.70. The van der Waals surface area contributed by atoms with Crippen LogP contribution in [0.5, 0.6) is 0 Å². The molecule has 0 aromatic heterocycles. The molecule has 2 heterocycles. The zero-order valence-corrected chi connectivity index (χ0v) is 32.6. The van der Waals surface area contributed by atoms with Gasteiger partial charge in [0, 0.05) is 0 Å². The van der Waals surface area contributed by atoms with Crippen molar-refractivity contribution >= 4 is 6.09 Å². The van der Waals surface area contributed by atoms with Crippen molar-refractivity contribution in [3.05, 3.63) is 156 Å². The van der Waals surface area contributed by atoms with Crippen LogP contribution >= 0.6 is 0 Å². The predicted octanol–water partition coefficient (Wildman–Crippen LogP) is 8.66. The Morgan fingerprint density at radius 2 is 1.13 bits per heavy atom. The summed E-state index contributed by atoms with van der Waals surface area (Å²) in [5, 5.41) is 0. The molecule has 4 aromatic carbocycles. The molecule has 2 fully saturated rings. The molecule has 0 bridgehead atoms. The Morgan fingerprint density at radius 3 is 1.62 bits per heavy atom. The Bertz CT molecular complexity index is 1760. The van der Waals surface area contributed by atoms with Crippen molar-refractivity contribution in [1.82, 2.24) is 4.90 Å². The lowest BCUT2D eigenvalue weighted by atomic mass is 9.93. The van der Waals surface area contributed by atoms with Gasteiger partial charge in [0.1, 0.15) is 41.8 Å². The molecule has 9 nitrogen and oxygen atoms in total. The summed E-state index contributed by atoms with van der Waals surface area (Å²) in [6.45, 7) is 11.3. The normalized spacial score (nSPS) is 23.9. The van der Waals surface area contributed by atoms with Crippen LogP contribution in [0, 0.1) is 0 Å². The minimum Gasteiger partial charge on any atom is -0.444 e. The van der Waals surface area contributed by atoms with E-state index in [0.29, 0.717) is 33.0 Å². The number of benzene rings is 4. The second-order valence-electron chi connectivity index (χ2n) is 15.5. The van der Waals surface area contributed by atoms with Gasteiger partial charge in [0.2, 0.25) is 0 Å². The Hall–Kier alpha value is -4.35. The number of hydrogen-bond acceptors (Lipinski definition) is 8. The van der Waals surface area contributed by atoms with Crippen molar-refractivity contribution in [2.24, 2.45) is 0 Å². The fourth-order valence-electron chi connectivity index (χ4n) is 6.86. The van der Waals surface area contributed by atoms with E-state index in [1.807, 2.05) is 168 Å². The maximum Gasteiger partial charge on any atom is 0.413 e. The Labute approximate surface area is 326 Å². The van der Waals surface area contributed by atoms with Crippen molar-refractivity contribution in [3.63, 3.8) is 0 Å². The number of rotatable bonds is 15. The first-order chi connectivity index (χ1) is 26.6. The van der Waals surface area contributed by atoms with Gasteiger partial charge >= 0.3 is 6.09 Å². The third-order valence-electron chi connectivity index (χ3n) is 9.55. The van der Waals surface area contributed by atoms with Gasteiger partial charge in [-0.05, 0) is 56.9 Å². The Kier molecular flexibility index (Phi) is 13.9. The van der Waals surface area contributed by atoms with Crippen LogP contribution in [0.4, 0.5) is 4.79 Å². The van der Waals surface area contributed by atoms with E-state index in [2.05, 4.69) is 0 Å². The van der Waals surface area contributed by atoms with Crippen LogP contribution in [0.1, 0.15) is 56.9 Å². The van der Waals surface area contributed by atoms with E-state index >= 15 is 0 Å². The molecule has 2 saturated heterocycles. The summed E-state index contributed by atoms with van der Waals surface area (Å²) in [7, 11) is 0. The SMILES string of the molecule is CC(C)(C)OC(=O)N1[C@@H](/C=C\[C@@H]2O[C@H](COCc3ccccc3)[C@H](OCc3ccccc3)[C@H](OCc3ccccc3)[C@H]2OCc2ccccc2)COC1(C)C. The molecule has 0 N–H and O–H groups in total. The van der Waals surface area contributed by atoms with Gasteiger partial charge < -0.3 is 33.2 Å². The molecule has 2 aliphatic rings. The van der Waals surface area contributed by atoms with Gasteiger partial charge in [0.25, 0.3) is 0 Å². The lowest BCUT2D eigenvalue weighted by Gasteiger charge is -2.45. The van der Waals surface area contributed by atoms with Crippen LogP contribution in [0.15, 0.2) is 133 Å². The number of hydrogen-bond donors (Lipinski definition) is 0. The molecule has 0 radical (unpaired) electrons. The molecule has 4 aromatic rings. The zero-order valence-electron chi connectivity index (χ0n) is 32.6. The highest BCUT2D eigenvalue weighted by atomic mass is 16.6. The fourth-order valence-corrected chi connectivity index (χ4v) is 6.86. The van der Waals surface area contributed by atoms with Crippen molar-refractivity contribution in [2.75, 3.05) is 13.2 Å². The smallest absolute Gasteiger partial charge is 0.413 e. The minimum absolute atomic E-state index is 0.249. The second-order valence-corrected chi connectivity index (χ2v) is 15.5. The molecular formula is C46H55NO8. The van der Waals surface area contributed by atoms with Gasteiger partial charge in [-0.2, -0.15) is 0 Å². The van der Waals surface area contributed by atoms with Crippen LogP contribution in [-0.2, 0) is 59.6 Å². The summed E-state index contributed by atoms with van der Waals surface area (Å²) in [4.78, 5) is 15.2. The van der Waals surface area contributed by atoms with Crippen LogP contribution in [-0.4, -0.2) is 72.1 Å². The molecule has 9 heteroatoms. The number of carbonyl (C=O) groups is 1. The first-order valence-electron chi connectivity index (χ1n) is 19.1. The van der Waals surface area contributed by atoms with E-state index in [1.165, 1.54) is 0 Å². The van der Waals surface area contributed by atoms with Gasteiger partial charge in [-0.3, -0.25) is 4.90 Å². The third kappa shape index (κ3) is 11.6. The molecule has 0 aliphatic carbocycles. The number of amides is 1. The number of ether oxygens (including phenoxy) is 7. The standard InChI is InChI=1S/C46H55NO8/c1-45(2,3)55-44(48)47-38(32-53-46(47,4)5)26-27-39-41(50-29-35-20-12-7-13-21-35)43(52-31-37-24-16-9-17-25-37)42(51-30-36-22-14-8-15-23-36)40(54-39)33-49-28-34-18-10-6-11-19-34/h6-27,38-43H,28-33H2,1-5H3/b27-26-/t38-,39-,40+,41-,42-,43+/m0/s1. The Balaban J connectivity index is 1.34. The van der Waals surface area contributed by atoms with Crippen LogP contribution in [0.3, 0.4) is 0 Å². The molecule has 0 spiro atoms. The molecule has 1 amide bonds. The van der Waals surface area contributed by atoms with E-state index < -0.39 is 54.0 Å². The number of carbonyl (C=O) groups excluding carboxylic acids is 1. The fraction of sp³-hybridized carbons (Fsp3) is 0.413. The van der Waals surface area contributed by atoms with E-state index in [9.17, 15) is 4.79 Å². The summed E-state index contributed by atoms with van der Waals surface area (Å²) >= 11 is 0. The molecule has 2 aliphatic heterocycles. The van der Waals surface area contributed by atoms with Crippen molar-refractivity contribution in [3.8, 4) is 0 Å². The highest BCUT2D eigenvalue weighted by Gasteiger charge is 2.49. The lowest BCUT2D eigenvalue weighted by Crippen LogP contribution is -2.60.